The van der Waals surface area contributed by atoms with E-state index in [1.165, 1.54) is 16.0 Å². The number of morpholine rings is 1. The van der Waals surface area contributed by atoms with Gasteiger partial charge in [-0.3, -0.25) is 14.7 Å². The second kappa shape index (κ2) is 10.6. The number of rotatable bonds is 5. The Bertz CT molecular complexity index is 711. The van der Waals surface area contributed by atoms with E-state index >= 15 is 0 Å². The van der Waals surface area contributed by atoms with Gasteiger partial charge in [-0.05, 0) is 25.0 Å². The lowest BCUT2D eigenvalue weighted by Gasteiger charge is -2.36. The van der Waals surface area contributed by atoms with Gasteiger partial charge in [0.05, 0.1) is 32.8 Å². The number of guanidine groups is 1. The molecule has 1 unspecified atom stereocenters. The Balaban J connectivity index is 0.00000280. The molecule has 0 bridgehead atoms. The summed E-state index contributed by atoms with van der Waals surface area (Å²) in [5, 5.41) is 5.82. The highest BCUT2D eigenvalue weighted by atomic mass is 127. The second-order valence-corrected chi connectivity index (χ2v) is 6.60. The number of halogens is 1. The first kappa shape index (κ1) is 22.4. The summed E-state index contributed by atoms with van der Waals surface area (Å²) in [7, 11) is 0. The van der Waals surface area contributed by atoms with Crippen molar-refractivity contribution >= 4 is 41.9 Å². The Morgan fingerprint density at radius 2 is 2.14 bits per heavy atom. The monoisotopic (exact) mass is 501 g/mol. The number of aryl methyl sites for hydroxylation is 1. The van der Waals surface area contributed by atoms with Crippen molar-refractivity contribution in [1.29, 1.82) is 0 Å². The van der Waals surface area contributed by atoms with E-state index in [-0.39, 0.29) is 55.1 Å². The molecule has 0 aliphatic carbocycles. The van der Waals surface area contributed by atoms with Crippen LogP contribution in [0.1, 0.15) is 24.2 Å². The quantitative estimate of drug-likeness (QED) is 0.277. The molecule has 8 nitrogen and oxygen atoms in total. The molecule has 0 spiro atoms. The van der Waals surface area contributed by atoms with Crippen molar-refractivity contribution in [2.75, 3.05) is 45.9 Å². The van der Waals surface area contributed by atoms with E-state index in [4.69, 9.17) is 4.74 Å². The van der Waals surface area contributed by atoms with Gasteiger partial charge in [-0.25, -0.2) is 4.79 Å². The molecule has 2 N–H and O–H groups in total. The number of amides is 3. The van der Waals surface area contributed by atoms with Crippen LogP contribution < -0.4 is 10.6 Å². The number of benzene rings is 1. The third kappa shape index (κ3) is 5.34. The van der Waals surface area contributed by atoms with Crippen molar-refractivity contribution in [1.82, 2.24) is 20.4 Å². The maximum atomic E-state index is 11.7. The van der Waals surface area contributed by atoms with Gasteiger partial charge in [0.25, 0.3) is 0 Å². The first-order valence-corrected chi connectivity index (χ1v) is 9.38. The van der Waals surface area contributed by atoms with Gasteiger partial charge in [-0.1, -0.05) is 24.3 Å². The molecule has 2 aliphatic heterocycles. The molecule has 9 heteroatoms. The Labute approximate surface area is 182 Å². The van der Waals surface area contributed by atoms with Crippen LogP contribution in [0.2, 0.25) is 0 Å². The molecular weight excluding hydrogens is 473 g/mol. The van der Waals surface area contributed by atoms with Crippen LogP contribution in [0, 0.1) is 6.92 Å². The summed E-state index contributed by atoms with van der Waals surface area (Å²) in [6.45, 7) is 7.66. The number of imide groups is 1. The molecule has 1 atom stereocenters. The molecule has 1 aromatic carbocycles. The van der Waals surface area contributed by atoms with Crippen LogP contribution in [0.25, 0.3) is 0 Å². The number of urea groups is 1. The van der Waals surface area contributed by atoms with Gasteiger partial charge < -0.3 is 20.3 Å². The van der Waals surface area contributed by atoms with E-state index in [0.717, 1.165) is 19.0 Å². The maximum Gasteiger partial charge on any atom is 0.324 e. The van der Waals surface area contributed by atoms with Crippen molar-refractivity contribution in [2.24, 2.45) is 4.99 Å². The molecule has 0 aromatic heterocycles. The first-order valence-electron chi connectivity index (χ1n) is 9.38. The van der Waals surface area contributed by atoms with E-state index in [9.17, 15) is 9.59 Å². The Morgan fingerprint density at radius 1 is 1.36 bits per heavy atom. The number of hydrogen-bond donors (Lipinski definition) is 2. The smallest absolute Gasteiger partial charge is 0.324 e. The molecule has 3 amide bonds. The summed E-state index contributed by atoms with van der Waals surface area (Å²) < 4.78 is 5.99. The zero-order chi connectivity index (χ0) is 19.2. The van der Waals surface area contributed by atoms with E-state index in [2.05, 4.69) is 39.6 Å². The highest BCUT2D eigenvalue weighted by Crippen LogP contribution is 2.24. The lowest BCUT2D eigenvalue weighted by atomic mass is 10.0. The standard InChI is InChI=1S/C19H27N5O3.HI/c1-3-20-18(21-8-9-24-17(25)12-22-19(24)26)23-10-11-27-16(13-23)15-7-5-4-6-14(15)2;/h4-7,16H,3,8-13H2,1-2H3,(H,20,21)(H,22,26);1H. The van der Waals surface area contributed by atoms with Crippen molar-refractivity contribution in [2.45, 2.75) is 20.0 Å². The highest BCUT2D eigenvalue weighted by Gasteiger charge is 2.28. The van der Waals surface area contributed by atoms with Crippen LogP contribution in [0.3, 0.4) is 0 Å². The van der Waals surface area contributed by atoms with Gasteiger partial charge >= 0.3 is 6.03 Å². The molecule has 0 radical (unpaired) electrons. The molecule has 0 saturated carbocycles. The Hall–Kier alpha value is -1.88. The van der Waals surface area contributed by atoms with E-state index < -0.39 is 0 Å². The van der Waals surface area contributed by atoms with E-state index in [0.29, 0.717) is 19.7 Å². The average Bonchev–Trinajstić information content (AvgIpc) is 3.00. The average molecular weight is 501 g/mol. The van der Waals surface area contributed by atoms with Crippen LogP contribution in [0.4, 0.5) is 4.79 Å². The summed E-state index contributed by atoms with van der Waals surface area (Å²) in [6, 6.07) is 7.91. The lowest BCUT2D eigenvalue weighted by molar-refractivity contribution is -0.124. The topological polar surface area (TPSA) is 86.3 Å². The zero-order valence-electron chi connectivity index (χ0n) is 16.3. The molecule has 3 rings (SSSR count). The lowest BCUT2D eigenvalue weighted by Crippen LogP contribution is -2.48. The van der Waals surface area contributed by atoms with E-state index in [1.807, 2.05) is 19.1 Å². The van der Waals surface area contributed by atoms with Crippen LogP contribution in [0.15, 0.2) is 29.3 Å². The molecule has 154 valence electrons. The Morgan fingerprint density at radius 3 is 2.82 bits per heavy atom. The van der Waals surface area contributed by atoms with Gasteiger partial charge in [-0.15, -0.1) is 24.0 Å². The van der Waals surface area contributed by atoms with E-state index in [1.54, 1.807) is 0 Å². The third-order valence-electron chi connectivity index (χ3n) is 4.76. The van der Waals surface area contributed by atoms with Crippen molar-refractivity contribution in [3.05, 3.63) is 35.4 Å². The van der Waals surface area contributed by atoms with Gasteiger partial charge in [0.1, 0.15) is 6.10 Å². The molecule has 2 fully saturated rings. The molecule has 28 heavy (non-hydrogen) atoms. The molecule has 1 aromatic rings. The normalized spacial score (nSPS) is 20.1. The summed E-state index contributed by atoms with van der Waals surface area (Å²) in [5.41, 5.74) is 2.40. The number of carbonyl (C=O) groups is 2. The van der Waals surface area contributed by atoms with Gasteiger partial charge in [0.2, 0.25) is 5.91 Å². The van der Waals surface area contributed by atoms with Crippen molar-refractivity contribution < 1.29 is 14.3 Å². The van der Waals surface area contributed by atoms with Crippen molar-refractivity contribution in [3.63, 3.8) is 0 Å². The fourth-order valence-electron chi connectivity index (χ4n) is 3.34. The molecular formula is C19H28IN5O3. The van der Waals surface area contributed by atoms with Gasteiger partial charge in [0.15, 0.2) is 5.96 Å². The number of aliphatic imine (C=N–C) groups is 1. The summed E-state index contributed by atoms with van der Waals surface area (Å²) in [4.78, 5) is 31.3. The number of hydrogen-bond acceptors (Lipinski definition) is 4. The fourth-order valence-corrected chi connectivity index (χ4v) is 3.34. The summed E-state index contributed by atoms with van der Waals surface area (Å²) in [6.07, 6.45) is -0.00487. The number of ether oxygens (including phenoxy) is 1. The largest absolute Gasteiger partial charge is 0.370 e. The van der Waals surface area contributed by atoms with Crippen LogP contribution in [-0.4, -0.2) is 73.6 Å². The maximum absolute atomic E-state index is 11.7. The fraction of sp³-hybridized carbons (Fsp3) is 0.526. The number of nitrogens with zero attached hydrogens (tertiary/aromatic N) is 3. The minimum absolute atomic E-state index is 0. The molecule has 2 heterocycles. The Kier molecular flexibility index (Phi) is 8.49. The first-order chi connectivity index (χ1) is 13.1. The number of carbonyl (C=O) groups excluding carboxylic acids is 2. The minimum atomic E-state index is -0.341. The zero-order valence-corrected chi connectivity index (χ0v) is 18.6. The van der Waals surface area contributed by atoms with Crippen LogP contribution in [0.5, 0.6) is 0 Å². The summed E-state index contributed by atoms with van der Waals surface area (Å²) >= 11 is 0. The van der Waals surface area contributed by atoms with Gasteiger partial charge in [0, 0.05) is 13.1 Å². The third-order valence-corrected chi connectivity index (χ3v) is 4.76. The SMILES string of the molecule is CCNC(=NCCN1C(=O)CNC1=O)N1CCOC(c2ccccc2C)C1.I. The number of nitrogens with one attached hydrogen (secondary N) is 2. The predicted octanol–water partition coefficient (Wildman–Crippen LogP) is 1.50. The summed E-state index contributed by atoms with van der Waals surface area (Å²) in [5.74, 6) is 0.581. The van der Waals surface area contributed by atoms with Gasteiger partial charge in [-0.2, -0.15) is 0 Å². The van der Waals surface area contributed by atoms with Crippen LogP contribution >= 0.6 is 24.0 Å². The van der Waals surface area contributed by atoms with Crippen LogP contribution in [-0.2, 0) is 9.53 Å². The molecule has 2 saturated heterocycles. The second-order valence-electron chi connectivity index (χ2n) is 6.60. The highest BCUT2D eigenvalue weighted by molar-refractivity contribution is 14.0. The minimum Gasteiger partial charge on any atom is -0.370 e. The predicted molar refractivity (Wildman–Crippen MR) is 118 cm³/mol. The van der Waals surface area contributed by atoms with Crippen molar-refractivity contribution in [3.8, 4) is 0 Å². The molecule has 2 aliphatic rings.